The predicted octanol–water partition coefficient (Wildman–Crippen LogP) is 3.55. The maximum Gasteiger partial charge on any atom is 0.319 e. The number of nitrogens with zero attached hydrogens (tertiary/aromatic N) is 1. The third-order valence-corrected chi connectivity index (χ3v) is 3.25. The lowest BCUT2D eigenvalue weighted by Crippen LogP contribution is -2.28. The van der Waals surface area contributed by atoms with E-state index in [4.69, 9.17) is 4.74 Å². The highest BCUT2D eigenvalue weighted by atomic mass is 19.1. The number of carbonyl (C=O) groups excluding carboxylic acids is 1. The Bertz CT molecular complexity index is 826. The first kappa shape index (κ1) is 19.0. The van der Waals surface area contributed by atoms with Gasteiger partial charge in [0.05, 0.1) is 16.7 Å². The summed E-state index contributed by atoms with van der Waals surface area (Å²) in [5, 5.41) is 25.2. The molecule has 0 aromatic heterocycles. The Morgan fingerprint density at radius 1 is 1.31 bits per heavy atom. The number of carbonyl (C=O) groups is 1. The quantitative estimate of drug-likeness (QED) is 0.536. The largest absolute Gasteiger partial charge is 0.504 e. The molecular formula is C17H18FN3O5. The molecule has 0 radical (unpaired) electrons. The molecular weight excluding hydrogens is 345 g/mol. The predicted molar refractivity (Wildman–Crippen MR) is 92.8 cm³/mol. The van der Waals surface area contributed by atoms with E-state index in [9.17, 15) is 24.4 Å². The van der Waals surface area contributed by atoms with Crippen LogP contribution in [0, 0.1) is 15.9 Å². The zero-order valence-corrected chi connectivity index (χ0v) is 14.2. The van der Waals surface area contributed by atoms with Gasteiger partial charge in [-0.05, 0) is 37.6 Å². The lowest BCUT2D eigenvalue weighted by atomic mass is 10.2. The number of nitrogens with one attached hydrogen (secondary N) is 2. The van der Waals surface area contributed by atoms with E-state index < -0.39 is 16.8 Å². The first-order valence-corrected chi connectivity index (χ1v) is 7.73. The van der Waals surface area contributed by atoms with Crippen molar-refractivity contribution in [2.24, 2.45) is 0 Å². The molecule has 0 aliphatic carbocycles. The molecule has 2 rings (SSSR count). The number of urea groups is 1. The Labute approximate surface area is 148 Å². The van der Waals surface area contributed by atoms with Crippen LogP contribution in [0.1, 0.15) is 19.4 Å². The Morgan fingerprint density at radius 2 is 2.04 bits per heavy atom. The van der Waals surface area contributed by atoms with E-state index in [-0.39, 0.29) is 35.5 Å². The van der Waals surface area contributed by atoms with Crippen molar-refractivity contribution >= 4 is 17.4 Å². The van der Waals surface area contributed by atoms with Gasteiger partial charge in [0.1, 0.15) is 5.82 Å². The van der Waals surface area contributed by atoms with Crippen molar-refractivity contribution in [3.8, 4) is 11.5 Å². The van der Waals surface area contributed by atoms with Gasteiger partial charge in [0.2, 0.25) is 0 Å². The molecule has 138 valence electrons. The molecule has 2 amide bonds. The van der Waals surface area contributed by atoms with Crippen molar-refractivity contribution in [2.45, 2.75) is 26.5 Å². The van der Waals surface area contributed by atoms with Crippen LogP contribution in [0.25, 0.3) is 0 Å². The Hall–Kier alpha value is -3.36. The van der Waals surface area contributed by atoms with Crippen LogP contribution in [0.2, 0.25) is 0 Å². The number of halogens is 1. The molecule has 0 aliphatic heterocycles. The SMILES string of the molecule is CC(C)Oc1cc(CNC(=O)Nc2cc([N+](=O)[O-])ccc2F)ccc1O. The molecule has 0 heterocycles. The first-order valence-electron chi connectivity index (χ1n) is 7.73. The summed E-state index contributed by atoms with van der Waals surface area (Å²) in [5.74, 6) is -0.530. The minimum Gasteiger partial charge on any atom is -0.504 e. The van der Waals surface area contributed by atoms with Gasteiger partial charge in [0, 0.05) is 18.7 Å². The number of nitro benzene ring substituents is 1. The Kier molecular flexibility index (Phi) is 5.94. The smallest absolute Gasteiger partial charge is 0.319 e. The molecule has 0 fully saturated rings. The van der Waals surface area contributed by atoms with E-state index in [1.807, 2.05) is 13.8 Å². The van der Waals surface area contributed by atoms with Crippen LogP contribution >= 0.6 is 0 Å². The molecule has 0 aliphatic rings. The third kappa shape index (κ3) is 5.07. The van der Waals surface area contributed by atoms with E-state index in [1.54, 1.807) is 12.1 Å². The number of ether oxygens (including phenoxy) is 1. The average molecular weight is 363 g/mol. The van der Waals surface area contributed by atoms with E-state index in [1.165, 1.54) is 6.07 Å². The fourth-order valence-corrected chi connectivity index (χ4v) is 2.09. The van der Waals surface area contributed by atoms with Gasteiger partial charge in [-0.3, -0.25) is 10.1 Å². The minimum absolute atomic E-state index is 0.0226. The highest BCUT2D eigenvalue weighted by molar-refractivity contribution is 5.89. The molecule has 0 saturated heterocycles. The number of hydrogen-bond donors (Lipinski definition) is 3. The topological polar surface area (TPSA) is 114 Å². The Balaban J connectivity index is 2.01. The summed E-state index contributed by atoms with van der Waals surface area (Å²) in [6.07, 6.45) is -0.135. The number of hydrogen-bond acceptors (Lipinski definition) is 5. The zero-order chi connectivity index (χ0) is 19.3. The molecule has 26 heavy (non-hydrogen) atoms. The number of phenols is 1. The highest BCUT2D eigenvalue weighted by Gasteiger charge is 2.13. The number of phenolic OH excluding ortho intramolecular Hbond substituents is 1. The molecule has 0 bridgehead atoms. The molecule has 2 aromatic carbocycles. The van der Waals surface area contributed by atoms with Gasteiger partial charge in [0.15, 0.2) is 11.5 Å². The van der Waals surface area contributed by atoms with Crippen molar-refractivity contribution in [2.75, 3.05) is 5.32 Å². The van der Waals surface area contributed by atoms with Crippen LogP contribution in [0.4, 0.5) is 20.6 Å². The van der Waals surface area contributed by atoms with Crippen LogP contribution in [-0.2, 0) is 6.54 Å². The maximum atomic E-state index is 13.7. The van der Waals surface area contributed by atoms with Crippen molar-refractivity contribution in [3.63, 3.8) is 0 Å². The van der Waals surface area contributed by atoms with Crippen molar-refractivity contribution in [1.82, 2.24) is 5.32 Å². The van der Waals surface area contributed by atoms with E-state index >= 15 is 0 Å². The summed E-state index contributed by atoms with van der Waals surface area (Å²) >= 11 is 0. The van der Waals surface area contributed by atoms with Crippen LogP contribution in [0.5, 0.6) is 11.5 Å². The second kappa shape index (κ2) is 8.15. The van der Waals surface area contributed by atoms with Gasteiger partial charge in [0.25, 0.3) is 5.69 Å². The number of nitro groups is 1. The number of anilines is 1. The number of rotatable bonds is 6. The van der Waals surface area contributed by atoms with Crippen molar-refractivity contribution < 1.29 is 24.0 Å². The summed E-state index contributed by atoms with van der Waals surface area (Å²) in [7, 11) is 0. The zero-order valence-electron chi connectivity index (χ0n) is 14.2. The average Bonchev–Trinajstić information content (AvgIpc) is 2.57. The third-order valence-electron chi connectivity index (χ3n) is 3.25. The van der Waals surface area contributed by atoms with Crippen molar-refractivity contribution in [1.29, 1.82) is 0 Å². The lowest BCUT2D eigenvalue weighted by Gasteiger charge is -2.13. The van der Waals surface area contributed by atoms with E-state index in [0.717, 1.165) is 18.2 Å². The summed E-state index contributed by atoms with van der Waals surface area (Å²) in [4.78, 5) is 21.9. The molecule has 8 nitrogen and oxygen atoms in total. The lowest BCUT2D eigenvalue weighted by molar-refractivity contribution is -0.384. The number of non-ortho nitro benzene ring substituents is 1. The van der Waals surface area contributed by atoms with Gasteiger partial charge in [-0.15, -0.1) is 0 Å². The number of aromatic hydroxyl groups is 1. The molecule has 3 N–H and O–H groups in total. The summed E-state index contributed by atoms with van der Waals surface area (Å²) in [6.45, 7) is 3.70. The van der Waals surface area contributed by atoms with Gasteiger partial charge in [-0.2, -0.15) is 0 Å². The normalized spacial score (nSPS) is 10.5. The second-order valence-electron chi connectivity index (χ2n) is 5.70. The first-order chi connectivity index (χ1) is 12.3. The summed E-state index contributed by atoms with van der Waals surface area (Å²) < 4.78 is 19.1. The fourth-order valence-electron chi connectivity index (χ4n) is 2.09. The van der Waals surface area contributed by atoms with Gasteiger partial charge >= 0.3 is 6.03 Å². The van der Waals surface area contributed by atoms with Crippen molar-refractivity contribution in [3.05, 3.63) is 57.9 Å². The van der Waals surface area contributed by atoms with E-state index in [0.29, 0.717) is 5.56 Å². The monoisotopic (exact) mass is 363 g/mol. The van der Waals surface area contributed by atoms with Crippen LogP contribution in [0.15, 0.2) is 36.4 Å². The summed E-state index contributed by atoms with van der Waals surface area (Å²) in [5.41, 5.74) is 0.00932. The Morgan fingerprint density at radius 3 is 2.69 bits per heavy atom. The van der Waals surface area contributed by atoms with Crippen LogP contribution < -0.4 is 15.4 Å². The molecule has 0 unspecified atom stereocenters. The molecule has 0 spiro atoms. The second-order valence-corrected chi connectivity index (χ2v) is 5.70. The molecule has 9 heteroatoms. The maximum absolute atomic E-state index is 13.7. The van der Waals surface area contributed by atoms with Gasteiger partial charge in [-0.25, -0.2) is 9.18 Å². The molecule has 0 atom stereocenters. The standard InChI is InChI=1S/C17H18FN3O5/c1-10(2)26-16-7-11(3-6-15(16)22)9-19-17(23)20-14-8-12(21(24)25)4-5-13(14)18/h3-8,10,22H,9H2,1-2H3,(H2,19,20,23). The minimum atomic E-state index is -0.789. The molecule has 2 aromatic rings. The fraction of sp³-hybridized carbons (Fsp3) is 0.235. The molecule has 0 saturated carbocycles. The van der Waals surface area contributed by atoms with Crippen LogP contribution in [0.3, 0.4) is 0 Å². The number of amides is 2. The van der Waals surface area contributed by atoms with Gasteiger partial charge < -0.3 is 20.5 Å². The van der Waals surface area contributed by atoms with E-state index in [2.05, 4.69) is 10.6 Å². The van der Waals surface area contributed by atoms with Crippen LogP contribution in [-0.4, -0.2) is 22.2 Å². The highest BCUT2D eigenvalue weighted by Crippen LogP contribution is 2.27. The summed E-state index contributed by atoms with van der Waals surface area (Å²) in [6, 6.07) is 6.72. The van der Waals surface area contributed by atoms with Gasteiger partial charge in [-0.1, -0.05) is 6.07 Å². The number of benzene rings is 2.